The molecule has 8 nitrogen and oxygen atoms in total. The zero-order valence-corrected chi connectivity index (χ0v) is 21.8. The lowest BCUT2D eigenvalue weighted by Crippen LogP contribution is -2.48. The second-order valence-corrected chi connectivity index (χ2v) is 11.3. The van der Waals surface area contributed by atoms with E-state index in [4.69, 9.17) is 9.72 Å². The summed E-state index contributed by atoms with van der Waals surface area (Å²) in [6.45, 7) is 4.41. The number of fused-ring (bicyclic) bond motifs is 1. The third-order valence-corrected chi connectivity index (χ3v) is 8.62. The first-order valence-corrected chi connectivity index (χ1v) is 14.2. The minimum atomic E-state index is -3.55. The lowest BCUT2D eigenvalue weighted by Gasteiger charge is -2.34. The zero-order chi connectivity index (χ0) is 25.0. The lowest BCUT2D eigenvalue weighted by molar-refractivity contribution is 0.262. The van der Waals surface area contributed by atoms with Crippen LogP contribution in [0.25, 0.3) is 10.8 Å². The molecule has 1 aliphatic rings. The highest BCUT2D eigenvalue weighted by Gasteiger charge is 2.21. The number of nitrogens with one attached hydrogen (secondary N) is 1. The predicted octanol–water partition coefficient (Wildman–Crippen LogP) is 3.39. The van der Waals surface area contributed by atoms with Crippen molar-refractivity contribution in [1.29, 1.82) is 0 Å². The molecule has 2 heterocycles. The molecule has 0 saturated carbocycles. The molecule has 0 amide bonds. The number of benzene rings is 3. The van der Waals surface area contributed by atoms with Gasteiger partial charge in [0, 0.05) is 57.2 Å². The first-order chi connectivity index (χ1) is 17.5. The Labute approximate surface area is 215 Å². The summed E-state index contributed by atoms with van der Waals surface area (Å²) < 4.78 is 38.1. The third kappa shape index (κ3) is 5.84. The fourth-order valence-electron chi connectivity index (χ4n) is 4.33. The van der Waals surface area contributed by atoms with Gasteiger partial charge in [0.05, 0.1) is 12.0 Å². The molecule has 0 bridgehead atoms. The van der Waals surface area contributed by atoms with Crippen molar-refractivity contribution in [3.05, 3.63) is 78.1 Å². The van der Waals surface area contributed by atoms with Crippen LogP contribution >= 0.6 is 11.5 Å². The van der Waals surface area contributed by atoms with Gasteiger partial charge in [-0.25, -0.2) is 18.1 Å². The Morgan fingerprint density at radius 2 is 1.78 bits per heavy atom. The van der Waals surface area contributed by atoms with Gasteiger partial charge in [0.2, 0.25) is 15.2 Å². The molecule has 0 radical (unpaired) electrons. The number of hydrogen-bond acceptors (Lipinski definition) is 8. The van der Waals surface area contributed by atoms with E-state index in [-0.39, 0.29) is 0 Å². The summed E-state index contributed by atoms with van der Waals surface area (Å²) in [5.41, 5.74) is 1.12. The maximum absolute atomic E-state index is 12.8. The first-order valence-electron chi connectivity index (χ1n) is 11.9. The molecule has 4 aromatic rings. The molecule has 1 saturated heterocycles. The minimum Gasteiger partial charge on any atom is -0.497 e. The topological polar surface area (TPSA) is 87.7 Å². The highest BCUT2D eigenvalue weighted by atomic mass is 32.2. The highest BCUT2D eigenvalue weighted by Crippen LogP contribution is 2.22. The fourth-order valence-corrected chi connectivity index (χ4v) is 6.12. The molecule has 1 fully saturated rings. The van der Waals surface area contributed by atoms with E-state index in [1.807, 2.05) is 48.5 Å². The van der Waals surface area contributed by atoms with Crippen molar-refractivity contribution in [2.45, 2.75) is 11.3 Å². The molecule has 0 unspecified atom stereocenters. The molecular formula is C26H29N5O3S2. The van der Waals surface area contributed by atoms with Crippen LogP contribution in [0.3, 0.4) is 0 Å². The number of ether oxygens (including phenoxy) is 1. The van der Waals surface area contributed by atoms with Crippen molar-refractivity contribution < 1.29 is 13.2 Å². The summed E-state index contributed by atoms with van der Waals surface area (Å²) in [5.74, 6) is 1.65. The van der Waals surface area contributed by atoms with Gasteiger partial charge in [0.15, 0.2) is 0 Å². The molecule has 1 aliphatic heterocycles. The van der Waals surface area contributed by atoms with E-state index in [2.05, 4.69) is 25.0 Å². The number of methoxy groups -OCH3 is 1. The SMILES string of the molecule is COc1cccc(Cc2nsc(N3CCN(CCNS(=O)(=O)c4ccc5ccccc5c4)CC3)n2)c1. The van der Waals surface area contributed by atoms with E-state index in [1.54, 1.807) is 19.2 Å². The standard InChI is InChI=1S/C26H29N5O3S2/c1-34-23-8-4-5-20(17-23)18-25-28-26(35-29-25)31-15-13-30(14-16-31)12-11-27-36(32,33)24-10-9-21-6-2-3-7-22(21)19-24/h2-10,17,19,27H,11-16,18H2,1H3. The van der Waals surface area contributed by atoms with Gasteiger partial charge in [-0.15, -0.1) is 0 Å². The second kappa shape index (κ2) is 10.9. The number of aromatic nitrogens is 2. The van der Waals surface area contributed by atoms with E-state index >= 15 is 0 Å². The molecule has 0 spiro atoms. The molecule has 1 N–H and O–H groups in total. The quantitative estimate of drug-likeness (QED) is 0.360. The number of anilines is 1. The summed E-state index contributed by atoms with van der Waals surface area (Å²) in [4.78, 5) is 9.57. The molecule has 10 heteroatoms. The van der Waals surface area contributed by atoms with E-state index in [9.17, 15) is 8.42 Å². The normalized spacial score (nSPS) is 14.9. The number of piperazine rings is 1. The average molecular weight is 524 g/mol. The van der Waals surface area contributed by atoms with Crippen LogP contribution in [0, 0.1) is 0 Å². The van der Waals surface area contributed by atoms with Crippen molar-refractivity contribution in [2.24, 2.45) is 0 Å². The maximum Gasteiger partial charge on any atom is 0.240 e. The van der Waals surface area contributed by atoms with Crippen LogP contribution in [-0.2, 0) is 16.4 Å². The summed E-state index contributed by atoms with van der Waals surface area (Å²) in [6.07, 6.45) is 0.672. The summed E-state index contributed by atoms with van der Waals surface area (Å²) in [5, 5.41) is 2.88. The Bertz CT molecular complexity index is 1430. The van der Waals surface area contributed by atoms with Crippen LogP contribution in [0.15, 0.2) is 71.6 Å². The number of sulfonamides is 1. The Morgan fingerprint density at radius 1 is 0.972 bits per heavy atom. The number of nitrogens with zero attached hydrogens (tertiary/aromatic N) is 4. The minimum absolute atomic E-state index is 0.298. The largest absolute Gasteiger partial charge is 0.497 e. The summed E-state index contributed by atoms with van der Waals surface area (Å²) in [6, 6.07) is 20.9. The van der Waals surface area contributed by atoms with Crippen molar-refractivity contribution in [1.82, 2.24) is 19.0 Å². The summed E-state index contributed by atoms with van der Waals surface area (Å²) >= 11 is 1.43. The van der Waals surface area contributed by atoms with Gasteiger partial charge in [-0.1, -0.05) is 42.5 Å². The Hall–Kier alpha value is -3.05. The van der Waals surface area contributed by atoms with E-state index in [0.717, 1.165) is 59.2 Å². The van der Waals surface area contributed by atoms with Crippen LogP contribution in [0.4, 0.5) is 5.13 Å². The molecule has 0 atom stereocenters. The summed E-state index contributed by atoms with van der Waals surface area (Å²) in [7, 11) is -1.88. The predicted molar refractivity (Wildman–Crippen MR) is 143 cm³/mol. The van der Waals surface area contributed by atoms with Gasteiger partial charge in [-0.3, -0.25) is 4.90 Å². The van der Waals surface area contributed by atoms with Crippen LogP contribution in [0.1, 0.15) is 11.4 Å². The number of hydrogen-bond donors (Lipinski definition) is 1. The molecule has 5 rings (SSSR count). The van der Waals surface area contributed by atoms with Crippen LogP contribution in [-0.4, -0.2) is 69.1 Å². The van der Waals surface area contributed by atoms with Gasteiger partial charge >= 0.3 is 0 Å². The molecule has 1 aromatic heterocycles. The van der Waals surface area contributed by atoms with Gasteiger partial charge in [0.25, 0.3) is 0 Å². The maximum atomic E-state index is 12.8. The number of rotatable bonds is 9. The average Bonchev–Trinajstić information content (AvgIpc) is 3.37. The van der Waals surface area contributed by atoms with E-state index < -0.39 is 10.0 Å². The molecular weight excluding hydrogens is 494 g/mol. The van der Waals surface area contributed by atoms with Crippen molar-refractivity contribution >= 4 is 37.5 Å². The zero-order valence-electron chi connectivity index (χ0n) is 20.1. The van der Waals surface area contributed by atoms with Gasteiger partial charge in [-0.2, -0.15) is 4.37 Å². The molecule has 36 heavy (non-hydrogen) atoms. The first kappa shape index (κ1) is 24.6. The second-order valence-electron chi connectivity index (χ2n) is 8.76. The molecule has 3 aromatic carbocycles. The molecule has 188 valence electrons. The lowest BCUT2D eigenvalue weighted by atomic mass is 10.1. The Morgan fingerprint density at radius 3 is 2.58 bits per heavy atom. The fraction of sp³-hybridized carbons (Fsp3) is 0.308. The monoisotopic (exact) mass is 523 g/mol. The van der Waals surface area contributed by atoms with Crippen molar-refractivity contribution in [3.63, 3.8) is 0 Å². The van der Waals surface area contributed by atoms with Crippen LogP contribution in [0.5, 0.6) is 5.75 Å². The van der Waals surface area contributed by atoms with Crippen molar-refractivity contribution in [2.75, 3.05) is 51.3 Å². The van der Waals surface area contributed by atoms with Crippen LogP contribution < -0.4 is 14.4 Å². The van der Waals surface area contributed by atoms with E-state index in [1.165, 1.54) is 11.5 Å². The Kier molecular flexibility index (Phi) is 7.47. The van der Waals surface area contributed by atoms with Crippen LogP contribution in [0.2, 0.25) is 0 Å². The van der Waals surface area contributed by atoms with Gasteiger partial charge in [-0.05, 0) is 40.6 Å². The van der Waals surface area contributed by atoms with E-state index in [0.29, 0.717) is 24.4 Å². The smallest absolute Gasteiger partial charge is 0.240 e. The van der Waals surface area contributed by atoms with Crippen molar-refractivity contribution in [3.8, 4) is 5.75 Å². The van der Waals surface area contributed by atoms with Gasteiger partial charge < -0.3 is 9.64 Å². The Balaban J connectivity index is 1.10. The third-order valence-electron chi connectivity index (χ3n) is 6.35. The molecule has 0 aliphatic carbocycles. The highest BCUT2D eigenvalue weighted by molar-refractivity contribution is 7.89. The van der Waals surface area contributed by atoms with Gasteiger partial charge in [0.1, 0.15) is 11.6 Å².